The minimum Gasteiger partial charge on any atom is -0.445 e. The Morgan fingerprint density at radius 2 is 1.36 bits per heavy atom. The van der Waals surface area contributed by atoms with Gasteiger partial charge in [-0.3, -0.25) is 4.79 Å². The highest BCUT2D eigenvalue weighted by Crippen LogP contribution is 2.41. The molecule has 0 heterocycles. The van der Waals surface area contributed by atoms with Crippen molar-refractivity contribution in [3.63, 3.8) is 0 Å². The van der Waals surface area contributed by atoms with Crippen LogP contribution in [0, 0.1) is 6.92 Å². The topological polar surface area (TPSA) is 79.5 Å². The molecule has 6 heteroatoms. The van der Waals surface area contributed by atoms with Crippen molar-refractivity contribution in [2.75, 3.05) is 11.9 Å². The number of carbonyl (C=O) groups is 2. The lowest BCUT2D eigenvalue weighted by Crippen LogP contribution is -2.33. The quantitative estimate of drug-likeness (QED) is 0.245. The van der Waals surface area contributed by atoms with Gasteiger partial charge in [0.2, 0.25) is 5.91 Å². The number of alkyl carbamates (subject to hydrolysis) is 1. The van der Waals surface area contributed by atoms with Gasteiger partial charge < -0.3 is 20.7 Å². The summed E-state index contributed by atoms with van der Waals surface area (Å²) in [6.07, 6.45) is 0.496. The molecule has 0 aromatic heterocycles. The standard InChI is InChI=1S/C26H27N3O3.C7H8/c30-25(17-28-26(31)32-18-20-9-5-2-6-10-20)29-22-13-11-21(12-14-22)23-15-24(23)27-16-19-7-3-1-4-8-19;1-7-5-3-2-4-6-7/h1-14,23-24,27H,15-18H2,(H,28,31)(H,29,30);2-6H,1H3. The first-order valence-electron chi connectivity index (χ1n) is 13.2. The van der Waals surface area contributed by atoms with Crippen LogP contribution < -0.4 is 16.0 Å². The number of hydrogen-bond acceptors (Lipinski definition) is 4. The van der Waals surface area contributed by atoms with Gasteiger partial charge in [0.15, 0.2) is 0 Å². The second-order valence-corrected chi connectivity index (χ2v) is 9.56. The summed E-state index contributed by atoms with van der Waals surface area (Å²) in [6.45, 7) is 2.97. The van der Waals surface area contributed by atoms with Gasteiger partial charge >= 0.3 is 6.09 Å². The first-order chi connectivity index (χ1) is 19.1. The number of benzene rings is 4. The zero-order valence-corrected chi connectivity index (χ0v) is 22.2. The Hall–Kier alpha value is -4.42. The van der Waals surface area contributed by atoms with Gasteiger partial charge in [-0.1, -0.05) is 109 Å². The molecule has 0 radical (unpaired) electrons. The monoisotopic (exact) mass is 521 g/mol. The van der Waals surface area contributed by atoms with E-state index in [0.29, 0.717) is 17.6 Å². The van der Waals surface area contributed by atoms with Crippen LogP contribution in [0.2, 0.25) is 0 Å². The largest absolute Gasteiger partial charge is 0.445 e. The minimum absolute atomic E-state index is 0.149. The number of amides is 2. The van der Waals surface area contributed by atoms with E-state index in [0.717, 1.165) is 18.5 Å². The smallest absolute Gasteiger partial charge is 0.407 e. The molecule has 1 aliphatic carbocycles. The molecule has 200 valence electrons. The van der Waals surface area contributed by atoms with E-state index < -0.39 is 6.09 Å². The van der Waals surface area contributed by atoms with Gasteiger partial charge in [0.25, 0.3) is 0 Å². The van der Waals surface area contributed by atoms with Crippen LogP contribution in [0.4, 0.5) is 10.5 Å². The van der Waals surface area contributed by atoms with Gasteiger partial charge in [-0.2, -0.15) is 0 Å². The Morgan fingerprint density at radius 3 is 1.95 bits per heavy atom. The van der Waals surface area contributed by atoms with E-state index in [9.17, 15) is 9.59 Å². The molecular weight excluding hydrogens is 486 g/mol. The molecule has 2 atom stereocenters. The summed E-state index contributed by atoms with van der Waals surface area (Å²) in [6, 6.07) is 38.4. The maximum Gasteiger partial charge on any atom is 0.407 e. The number of carbonyl (C=O) groups excluding carboxylic acids is 2. The normalized spacial score (nSPS) is 15.3. The van der Waals surface area contributed by atoms with E-state index in [2.05, 4.69) is 59.3 Å². The number of anilines is 1. The van der Waals surface area contributed by atoms with Crippen molar-refractivity contribution >= 4 is 17.7 Å². The Morgan fingerprint density at radius 1 is 0.769 bits per heavy atom. The van der Waals surface area contributed by atoms with Crippen molar-refractivity contribution in [1.82, 2.24) is 10.6 Å². The van der Waals surface area contributed by atoms with Crippen molar-refractivity contribution in [3.8, 4) is 0 Å². The summed E-state index contributed by atoms with van der Waals surface area (Å²) in [5.74, 6) is 0.202. The van der Waals surface area contributed by atoms with E-state index in [1.54, 1.807) is 0 Å². The molecule has 0 bridgehead atoms. The number of ether oxygens (including phenoxy) is 1. The highest BCUT2D eigenvalue weighted by atomic mass is 16.5. The lowest BCUT2D eigenvalue weighted by Gasteiger charge is -2.09. The molecule has 2 amide bonds. The number of rotatable bonds is 9. The van der Waals surface area contributed by atoms with Crippen LogP contribution >= 0.6 is 0 Å². The molecule has 3 N–H and O–H groups in total. The van der Waals surface area contributed by atoms with Gasteiger partial charge in [-0.25, -0.2) is 4.79 Å². The third-order valence-electron chi connectivity index (χ3n) is 6.37. The van der Waals surface area contributed by atoms with Crippen molar-refractivity contribution < 1.29 is 14.3 Å². The van der Waals surface area contributed by atoms with Crippen molar-refractivity contribution in [2.24, 2.45) is 0 Å². The molecule has 4 aromatic rings. The van der Waals surface area contributed by atoms with E-state index >= 15 is 0 Å². The fourth-order valence-corrected chi connectivity index (χ4v) is 4.11. The van der Waals surface area contributed by atoms with Crippen LogP contribution in [0.5, 0.6) is 0 Å². The third kappa shape index (κ3) is 9.76. The summed E-state index contributed by atoms with van der Waals surface area (Å²) in [4.78, 5) is 23.9. The van der Waals surface area contributed by atoms with Crippen LogP contribution in [0.3, 0.4) is 0 Å². The highest BCUT2D eigenvalue weighted by molar-refractivity contribution is 5.93. The maximum atomic E-state index is 12.1. The molecule has 0 spiro atoms. The SMILES string of the molecule is Cc1ccccc1.O=C(CNC(=O)OCc1ccccc1)Nc1ccc(C2CC2NCc2ccccc2)cc1. The van der Waals surface area contributed by atoms with E-state index in [4.69, 9.17) is 4.74 Å². The molecule has 5 rings (SSSR count). The van der Waals surface area contributed by atoms with Crippen LogP contribution in [0.1, 0.15) is 34.6 Å². The first-order valence-corrected chi connectivity index (χ1v) is 13.2. The average Bonchev–Trinajstić information content (AvgIpc) is 3.76. The Balaban J connectivity index is 0.000000438. The van der Waals surface area contributed by atoms with Gasteiger partial charge in [0.05, 0.1) is 0 Å². The fraction of sp³-hybridized carbons (Fsp3) is 0.212. The van der Waals surface area contributed by atoms with Crippen LogP contribution in [-0.4, -0.2) is 24.6 Å². The molecule has 1 fully saturated rings. The molecule has 6 nitrogen and oxygen atoms in total. The summed E-state index contributed by atoms with van der Waals surface area (Å²) in [7, 11) is 0. The minimum atomic E-state index is -0.623. The van der Waals surface area contributed by atoms with Crippen molar-refractivity contribution in [2.45, 2.75) is 38.5 Å². The Kier molecular flexibility index (Phi) is 10.3. The summed E-state index contributed by atoms with van der Waals surface area (Å²) >= 11 is 0. The third-order valence-corrected chi connectivity index (χ3v) is 6.37. The van der Waals surface area contributed by atoms with Crippen molar-refractivity contribution in [1.29, 1.82) is 0 Å². The van der Waals surface area contributed by atoms with Crippen LogP contribution in [0.15, 0.2) is 115 Å². The van der Waals surface area contributed by atoms with E-state index in [1.165, 1.54) is 16.7 Å². The maximum absolute atomic E-state index is 12.1. The fourth-order valence-electron chi connectivity index (χ4n) is 4.11. The van der Waals surface area contributed by atoms with Gasteiger partial charge in [0.1, 0.15) is 13.2 Å². The van der Waals surface area contributed by atoms with Crippen LogP contribution in [0.25, 0.3) is 0 Å². The molecule has 0 saturated heterocycles. The molecule has 39 heavy (non-hydrogen) atoms. The number of hydrogen-bond donors (Lipinski definition) is 3. The second-order valence-electron chi connectivity index (χ2n) is 9.56. The summed E-state index contributed by atoms with van der Waals surface area (Å²) < 4.78 is 5.10. The molecule has 0 aliphatic heterocycles. The zero-order chi connectivity index (χ0) is 27.3. The Labute approximate surface area is 230 Å². The number of aryl methyl sites for hydroxylation is 1. The first kappa shape index (κ1) is 27.6. The summed E-state index contributed by atoms with van der Waals surface area (Å²) in [5, 5.41) is 8.85. The van der Waals surface area contributed by atoms with Gasteiger partial charge in [-0.15, -0.1) is 0 Å². The van der Waals surface area contributed by atoms with Gasteiger partial charge in [0, 0.05) is 24.2 Å². The van der Waals surface area contributed by atoms with Crippen LogP contribution in [-0.2, 0) is 22.7 Å². The lowest BCUT2D eigenvalue weighted by atomic mass is 10.1. The highest BCUT2D eigenvalue weighted by Gasteiger charge is 2.37. The predicted octanol–water partition coefficient (Wildman–Crippen LogP) is 6.19. The predicted molar refractivity (Wildman–Crippen MR) is 155 cm³/mol. The lowest BCUT2D eigenvalue weighted by molar-refractivity contribution is -0.115. The van der Waals surface area contributed by atoms with Gasteiger partial charge in [-0.05, 0) is 42.2 Å². The average molecular weight is 522 g/mol. The zero-order valence-electron chi connectivity index (χ0n) is 22.2. The number of nitrogens with one attached hydrogen (secondary N) is 3. The Bertz CT molecular complexity index is 1300. The molecule has 4 aromatic carbocycles. The summed E-state index contributed by atoms with van der Waals surface area (Å²) in [5.41, 5.74) is 5.46. The molecule has 2 unspecified atom stereocenters. The van der Waals surface area contributed by atoms with E-state index in [-0.39, 0.29) is 19.1 Å². The molecular formula is C33H35N3O3. The second kappa shape index (κ2) is 14.5. The van der Waals surface area contributed by atoms with Crippen molar-refractivity contribution in [3.05, 3.63) is 138 Å². The molecule has 1 aliphatic rings. The van der Waals surface area contributed by atoms with E-state index in [1.807, 2.05) is 78.9 Å². The molecule has 1 saturated carbocycles.